The van der Waals surface area contributed by atoms with Gasteiger partial charge in [0.05, 0.1) is 6.10 Å². The Balaban J connectivity index is 1.58. The van der Waals surface area contributed by atoms with Crippen LogP contribution in [-0.2, 0) is 9.53 Å². The molecule has 2 fully saturated rings. The summed E-state index contributed by atoms with van der Waals surface area (Å²) in [4.78, 5) is 11.8. The standard InChI is InChI=1S/C14H26N2O2/c1-11-9-15-7-6-12(11)10-16-14(17)5-4-13-3-2-8-18-13/h11-13,15H,2-10H2,1H3,(H,16,17). The number of ether oxygens (including phenoxy) is 1. The first-order valence-electron chi connectivity index (χ1n) is 7.34. The first-order chi connectivity index (χ1) is 8.75. The first kappa shape index (κ1) is 13.8. The van der Waals surface area contributed by atoms with Gasteiger partial charge in [-0.1, -0.05) is 6.92 Å². The third-order valence-corrected chi connectivity index (χ3v) is 4.24. The molecule has 0 aromatic heterocycles. The molecule has 0 saturated carbocycles. The monoisotopic (exact) mass is 254 g/mol. The molecule has 0 radical (unpaired) electrons. The van der Waals surface area contributed by atoms with E-state index in [1.807, 2.05) is 0 Å². The molecule has 2 saturated heterocycles. The van der Waals surface area contributed by atoms with Gasteiger partial charge in [0, 0.05) is 19.6 Å². The number of rotatable bonds is 5. The lowest BCUT2D eigenvalue weighted by Gasteiger charge is -2.29. The summed E-state index contributed by atoms with van der Waals surface area (Å²) < 4.78 is 5.53. The molecule has 2 rings (SSSR count). The van der Waals surface area contributed by atoms with Crippen LogP contribution in [0.4, 0.5) is 0 Å². The van der Waals surface area contributed by atoms with Crippen LogP contribution in [0.3, 0.4) is 0 Å². The van der Waals surface area contributed by atoms with Crippen molar-refractivity contribution in [3.05, 3.63) is 0 Å². The fraction of sp³-hybridized carbons (Fsp3) is 0.929. The molecule has 3 unspecified atom stereocenters. The van der Waals surface area contributed by atoms with Gasteiger partial charge in [0.1, 0.15) is 0 Å². The van der Waals surface area contributed by atoms with E-state index in [1.165, 1.54) is 6.42 Å². The van der Waals surface area contributed by atoms with E-state index >= 15 is 0 Å². The van der Waals surface area contributed by atoms with Crippen molar-refractivity contribution in [3.63, 3.8) is 0 Å². The molecule has 2 heterocycles. The Labute approximate surface area is 110 Å². The second-order valence-corrected chi connectivity index (χ2v) is 5.71. The highest BCUT2D eigenvalue weighted by atomic mass is 16.5. The summed E-state index contributed by atoms with van der Waals surface area (Å²) >= 11 is 0. The zero-order chi connectivity index (χ0) is 12.8. The lowest BCUT2D eigenvalue weighted by atomic mass is 9.88. The summed E-state index contributed by atoms with van der Waals surface area (Å²) in [6.45, 7) is 6.14. The molecule has 1 amide bonds. The van der Waals surface area contributed by atoms with Gasteiger partial charge < -0.3 is 15.4 Å². The van der Waals surface area contributed by atoms with Gasteiger partial charge in [-0.15, -0.1) is 0 Å². The second kappa shape index (κ2) is 7.10. The van der Waals surface area contributed by atoms with E-state index in [2.05, 4.69) is 17.6 Å². The Hall–Kier alpha value is -0.610. The maximum Gasteiger partial charge on any atom is 0.220 e. The van der Waals surface area contributed by atoms with Gasteiger partial charge in [0.15, 0.2) is 0 Å². The molecule has 104 valence electrons. The molecular formula is C14H26N2O2. The number of hydrogen-bond donors (Lipinski definition) is 2. The van der Waals surface area contributed by atoms with Gasteiger partial charge in [-0.3, -0.25) is 4.79 Å². The van der Waals surface area contributed by atoms with E-state index in [0.717, 1.165) is 45.5 Å². The van der Waals surface area contributed by atoms with Gasteiger partial charge in [0.25, 0.3) is 0 Å². The van der Waals surface area contributed by atoms with Gasteiger partial charge in [-0.25, -0.2) is 0 Å². The summed E-state index contributed by atoms with van der Waals surface area (Å²) in [5.74, 6) is 1.49. The number of carbonyl (C=O) groups is 1. The van der Waals surface area contributed by atoms with Crippen molar-refractivity contribution in [2.75, 3.05) is 26.2 Å². The summed E-state index contributed by atoms with van der Waals surface area (Å²) in [5, 5.41) is 6.47. The van der Waals surface area contributed by atoms with Crippen LogP contribution in [0.2, 0.25) is 0 Å². The Morgan fingerprint density at radius 3 is 3.06 bits per heavy atom. The van der Waals surface area contributed by atoms with Gasteiger partial charge in [-0.05, 0) is 50.6 Å². The lowest BCUT2D eigenvalue weighted by Crippen LogP contribution is -2.41. The summed E-state index contributed by atoms with van der Waals surface area (Å²) in [7, 11) is 0. The van der Waals surface area contributed by atoms with Gasteiger partial charge >= 0.3 is 0 Å². The maximum atomic E-state index is 11.8. The van der Waals surface area contributed by atoms with Crippen molar-refractivity contribution in [2.24, 2.45) is 11.8 Å². The van der Waals surface area contributed by atoms with Crippen LogP contribution in [-0.4, -0.2) is 38.3 Å². The smallest absolute Gasteiger partial charge is 0.220 e. The zero-order valence-corrected chi connectivity index (χ0v) is 11.4. The average Bonchev–Trinajstić information content (AvgIpc) is 2.88. The largest absolute Gasteiger partial charge is 0.378 e. The van der Waals surface area contributed by atoms with Crippen LogP contribution in [0.5, 0.6) is 0 Å². The second-order valence-electron chi connectivity index (χ2n) is 5.71. The predicted molar refractivity (Wildman–Crippen MR) is 71.4 cm³/mol. The molecule has 3 atom stereocenters. The molecule has 2 aliphatic heterocycles. The van der Waals surface area contributed by atoms with Crippen molar-refractivity contribution in [1.82, 2.24) is 10.6 Å². The van der Waals surface area contributed by atoms with Crippen molar-refractivity contribution >= 4 is 5.91 Å². The Morgan fingerprint density at radius 2 is 2.33 bits per heavy atom. The number of piperidine rings is 1. The van der Waals surface area contributed by atoms with E-state index in [-0.39, 0.29) is 5.91 Å². The normalized spacial score (nSPS) is 32.4. The van der Waals surface area contributed by atoms with Crippen LogP contribution in [0.15, 0.2) is 0 Å². The molecule has 0 spiro atoms. The van der Waals surface area contributed by atoms with E-state index in [1.54, 1.807) is 0 Å². The SMILES string of the molecule is CC1CNCCC1CNC(=O)CCC1CCCO1. The van der Waals surface area contributed by atoms with Gasteiger partial charge in [0.2, 0.25) is 5.91 Å². The third-order valence-electron chi connectivity index (χ3n) is 4.24. The van der Waals surface area contributed by atoms with Crippen molar-refractivity contribution in [2.45, 2.75) is 45.1 Å². The molecule has 0 aliphatic carbocycles. The fourth-order valence-electron chi connectivity index (χ4n) is 2.87. The summed E-state index contributed by atoms with van der Waals surface area (Å²) in [6, 6.07) is 0. The van der Waals surface area contributed by atoms with Crippen LogP contribution in [0.25, 0.3) is 0 Å². The first-order valence-corrected chi connectivity index (χ1v) is 7.34. The number of nitrogens with one attached hydrogen (secondary N) is 2. The van der Waals surface area contributed by atoms with Crippen molar-refractivity contribution in [1.29, 1.82) is 0 Å². The molecule has 0 aromatic rings. The Bertz CT molecular complexity index is 265. The Kier molecular flexibility index (Phi) is 5.45. The molecule has 2 aliphatic rings. The summed E-state index contributed by atoms with van der Waals surface area (Å²) in [6.07, 6.45) is 5.27. The molecule has 2 N–H and O–H groups in total. The number of hydrogen-bond acceptors (Lipinski definition) is 3. The molecule has 0 bridgehead atoms. The number of amides is 1. The molecular weight excluding hydrogens is 228 g/mol. The highest BCUT2D eigenvalue weighted by Crippen LogP contribution is 2.18. The van der Waals surface area contributed by atoms with Crippen molar-refractivity contribution < 1.29 is 9.53 Å². The van der Waals surface area contributed by atoms with E-state index in [0.29, 0.717) is 24.4 Å². The fourth-order valence-corrected chi connectivity index (χ4v) is 2.87. The maximum absolute atomic E-state index is 11.8. The summed E-state index contributed by atoms with van der Waals surface area (Å²) in [5.41, 5.74) is 0. The molecule has 0 aromatic carbocycles. The van der Waals surface area contributed by atoms with Crippen LogP contribution in [0, 0.1) is 11.8 Å². The van der Waals surface area contributed by atoms with E-state index < -0.39 is 0 Å². The third kappa shape index (κ3) is 4.25. The topological polar surface area (TPSA) is 50.4 Å². The molecule has 18 heavy (non-hydrogen) atoms. The van der Waals surface area contributed by atoms with Crippen LogP contribution in [0.1, 0.15) is 39.0 Å². The van der Waals surface area contributed by atoms with E-state index in [9.17, 15) is 4.79 Å². The van der Waals surface area contributed by atoms with Crippen LogP contribution < -0.4 is 10.6 Å². The van der Waals surface area contributed by atoms with E-state index in [4.69, 9.17) is 4.74 Å². The Morgan fingerprint density at radius 1 is 1.44 bits per heavy atom. The average molecular weight is 254 g/mol. The lowest BCUT2D eigenvalue weighted by molar-refractivity contribution is -0.122. The highest BCUT2D eigenvalue weighted by molar-refractivity contribution is 5.75. The van der Waals surface area contributed by atoms with Gasteiger partial charge in [-0.2, -0.15) is 0 Å². The molecule has 4 nitrogen and oxygen atoms in total. The zero-order valence-electron chi connectivity index (χ0n) is 11.4. The number of carbonyl (C=O) groups excluding carboxylic acids is 1. The highest BCUT2D eigenvalue weighted by Gasteiger charge is 2.22. The minimum Gasteiger partial charge on any atom is -0.378 e. The predicted octanol–water partition coefficient (Wildman–Crippen LogP) is 1.31. The quantitative estimate of drug-likeness (QED) is 0.777. The van der Waals surface area contributed by atoms with Crippen LogP contribution >= 0.6 is 0 Å². The molecule has 4 heteroatoms. The minimum absolute atomic E-state index is 0.191. The van der Waals surface area contributed by atoms with Crippen molar-refractivity contribution in [3.8, 4) is 0 Å². The minimum atomic E-state index is 0.191.